The molecular formula is C14H22N2OS. The largest absolute Gasteiger partial charge is 0.381 e. The summed E-state index contributed by atoms with van der Waals surface area (Å²) >= 11 is 1.92. The van der Waals surface area contributed by atoms with E-state index in [0.29, 0.717) is 5.92 Å². The van der Waals surface area contributed by atoms with E-state index in [2.05, 4.69) is 12.2 Å². The van der Waals surface area contributed by atoms with Crippen molar-refractivity contribution in [3.63, 3.8) is 0 Å². The molecule has 1 aliphatic carbocycles. The smallest absolute Gasteiger partial charge is 0.0985 e. The number of hydrogen-bond acceptors (Lipinski definition) is 4. The van der Waals surface area contributed by atoms with Gasteiger partial charge in [0.15, 0.2) is 0 Å². The monoisotopic (exact) mass is 266 g/mol. The molecule has 1 aromatic heterocycles. The standard InChI is InChI=1S/C14H22N2OS/c1-2-15-8-12-13(10-5-6-10)16-14(18-12)11-4-3-7-17-9-11/h10-11,15H,2-9H2,1H3. The molecule has 0 spiro atoms. The van der Waals surface area contributed by atoms with E-state index >= 15 is 0 Å². The van der Waals surface area contributed by atoms with Crippen molar-refractivity contribution in [3.8, 4) is 0 Å². The molecule has 1 atom stereocenters. The molecule has 18 heavy (non-hydrogen) atoms. The van der Waals surface area contributed by atoms with Crippen LogP contribution in [0.25, 0.3) is 0 Å². The third-order valence-electron chi connectivity index (χ3n) is 3.75. The minimum absolute atomic E-state index is 0.552. The quantitative estimate of drug-likeness (QED) is 0.889. The van der Waals surface area contributed by atoms with Gasteiger partial charge in [0, 0.05) is 29.9 Å². The van der Waals surface area contributed by atoms with Gasteiger partial charge in [0.2, 0.25) is 0 Å². The third kappa shape index (κ3) is 2.76. The van der Waals surface area contributed by atoms with Crippen LogP contribution in [0.5, 0.6) is 0 Å². The van der Waals surface area contributed by atoms with Crippen molar-refractivity contribution in [2.24, 2.45) is 0 Å². The van der Waals surface area contributed by atoms with Crippen LogP contribution in [0, 0.1) is 0 Å². The van der Waals surface area contributed by atoms with Gasteiger partial charge in [-0.3, -0.25) is 0 Å². The molecule has 2 aliphatic rings. The molecule has 3 nitrogen and oxygen atoms in total. The molecule has 4 heteroatoms. The normalized spacial score (nSPS) is 24.4. The van der Waals surface area contributed by atoms with E-state index in [1.807, 2.05) is 11.3 Å². The number of nitrogens with one attached hydrogen (secondary N) is 1. The van der Waals surface area contributed by atoms with Crippen LogP contribution < -0.4 is 5.32 Å². The summed E-state index contributed by atoms with van der Waals surface area (Å²) in [5, 5.41) is 4.77. The van der Waals surface area contributed by atoms with Crippen molar-refractivity contribution in [1.29, 1.82) is 0 Å². The molecule has 2 fully saturated rings. The fraction of sp³-hybridized carbons (Fsp3) is 0.786. The lowest BCUT2D eigenvalue weighted by Crippen LogP contribution is -2.15. The first kappa shape index (κ1) is 12.6. The number of rotatable bonds is 5. The summed E-state index contributed by atoms with van der Waals surface area (Å²) in [5.74, 6) is 1.31. The Balaban J connectivity index is 1.77. The highest BCUT2D eigenvalue weighted by atomic mass is 32.1. The Kier molecular flexibility index (Phi) is 3.97. The lowest BCUT2D eigenvalue weighted by atomic mass is 10.0. The average molecular weight is 266 g/mol. The number of thiazole rings is 1. The van der Waals surface area contributed by atoms with Crippen LogP contribution in [0.1, 0.15) is 60.0 Å². The van der Waals surface area contributed by atoms with E-state index in [1.54, 1.807) is 0 Å². The van der Waals surface area contributed by atoms with E-state index < -0.39 is 0 Å². The number of ether oxygens (including phenoxy) is 1. The van der Waals surface area contributed by atoms with Crippen molar-refractivity contribution in [3.05, 3.63) is 15.6 Å². The highest BCUT2D eigenvalue weighted by molar-refractivity contribution is 7.11. The maximum absolute atomic E-state index is 5.59. The van der Waals surface area contributed by atoms with Crippen LogP contribution in [0.2, 0.25) is 0 Å². The molecule has 0 amide bonds. The zero-order valence-corrected chi connectivity index (χ0v) is 11.9. The predicted octanol–water partition coefficient (Wildman–Crippen LogP) is 3.02. The first-order valence-electron chi connectivity index (χ1n) is 7.16. The van der Waals surface area contributed by atoms with Gasteiger partial charge in [-0.2, -0.15) is 0 Å². The summed E-state index contributed by atoms with van der Waals surface area (Å²) in [5.41, 5.74) is 1.39. The van der Waals surface area contributed by atoms with Gasteiger partial charge in [0.1, 0.15) is 0 Å². The molecule has 0 bridgehead atoms. The summed E-state index contributed by atoms with van der Waals surface area (Å²) in [6.07, 6.45) is 5.11. The maximum atomic E-state index is 5.59. The van der Waals surface area contributed by atoms with Gasteiger partial charge in [-0.25, -0.2) is 4.98 Å². The Morgan fingerprint density at radius 2 is 2.22 bits per heavy atom. The minimum Gasteiger partial charge on any atom is -0.381 e. The fourth-order valence-corrected chi connectivity index (χ4v) is 3.77. The molecule has 1 aromatic rings. The third-order valence-corrected chi connectivity index (χ3v) is 4.99. The van der Waals surface area contributed by atoms with Crippen molar-refractivity contribution in [1.82, 2.24) is 10.3 Å². The van der Waals surface area contributed by atoms with Crippen LogP contribution in [-0.4, -0.2) is 24.7 Å². The second kappa shape index (κ2) is 5.68. The molecule has 1 saturated heterocycles. The van der Waals surface area contributed by atoms with Crippen molar-refractivity contribution >= 4 is 11.3 Å². The van der Waals surface area contributed by atoms with Crippen molar-refractivity contribution < 1.29 is 4.74 Å². The Hall–Kier alpha value is -0.450. The second-order valence-electron chi connectivity index (χ2n) is 5.33. The van der Waals surface area contributed by atoms with Gasteiger partial charge in [-0.05, 0) is 32.2 Å². The molecule has 1 aliphatic heterocycles. The lowest BCUT2D eigenvalue weighted by Gasteiger charge is -2.19. The SMILES string of the molecule is CCNCc1sc(C2CCCOC2)nc1C1CC1. The Morgan fingerprint density at radius 1 is 1.33 bits per heavy atom. The van der Waals surface area contributed by atoms with E-state index in [0.717, 1.165) is 32.2 Å². The Labute approximate surface area is 113 Å². The molecule has 3 rings (SSSR count). The summed E-state index contributed by atoms with van der Waals surface area (Å²) in [6, 6.07) is 0. The van der Waals surface area contributed by atoms with E-state index in [4.69, 9.17) is 9.72 Å². The molecule has 1 saturated carbocycles. The second-order valence-corrected chi connectivity index (χ2v) is 6.44. The van der Waals surface area contributed by atoms with Gasteiger partial charge in [0.05, 0.1) is 17.3 Å². The molecular weight excluding hydrogens is 244 g/mol. The van der Waals surface area contributed by atoms with E-state index in [-0.39, 0.29) is 0 Å². The molecule has 2 heterocycles. The topological polar surface area (TPSA) is 34.1 Å². The van der Waals surface area contributed by atoms with E-state index in [9.17, 15) is 0 Å². The van der Waals surface area contributed by atoms with Gasteiger partial charge in [-0.1, -0.05) is 6.92 Å². The Bertz CT molecular complexity index is 394. The molecule has 0 aromatic carbocycles. The molecule has 0 radical (unpaired) electrons. The van der Waals surface area contributed by atoms with Crippen molar-refractivity contribution in [2.45, 2.75) is 51.0 Å². The summed E-state index contributed by atoms with van der Waals surface area (Å²) in [6.45, 7) is 5.99. The van der Waals surface area contributed by atoms with Crippen molar-refractivity contribution in [2.75, 3.05) is 19.8 Å². The zero-order chi connectivity index (χ0) is 12.4. The van der Waals surface area contributed by atoms with Gasteiger partial charge < -0.3 is 10.1 Å². The highest BCUT2D eigenvalue weighted by Gasteiger charge is 2.31. The van der Waals surface area contributed by atoms with Crippen LogP contribution in [0.15, 0.2) is 0 Å². The summed E-state index contributed by atoms with van der Waals surface area (Å²) in [4.78, 5) is 6.42. The summed E-state index contributed by atoms with van der Waals surface area (Å²) < 4.78 is 5.59. The van der Waals surface area contributed by atoms with Crippen LogP contribution in [0.4, 0.5) is 0 Å². The molecule has 100 valence electrons. The van der Waals surface area contributed by atoms with Gasteiger partial charge in [-0.15, -0.1) is 11.3 Å². The first-order valence-corrected chi connectivity index (χ1v) is 7.98. The number of hydrogen-bond donors (Lipinski definition) is 1. The minimum atomic E-state index is 0.552. The maximum Gasteiger partial charge on any atom is 0.0985 e. The van der Waals surface area contributed by atoms with E-state index in [1.165, 1.54) is 41.3 Å². The van der Waals surface area contributed by atoms with Gasteiger partial charge in [0.25, 0.3) is 0 Å². The van der Waals surface area contributed by atoms with Crippen LogP contribution in [0.3, 0.4) is 0 Å². The Morgan fingerprint density at radius 3 is 2.89 bits per heavy atom. The number of nitrogens with zero attached hydrogens (tertiary/aromatic N) is 1. The fourth-order valence-electron chi connectivity index (χ4n) is 2.53. The predicted molar refractivity (Wildman–Crippen MR) is 74.3 cm³/mol. The average Bonchev–Trinajstić information content (AvgIpc) is 3.18. The van der Waals surface area contributed by atoms with Gasteiger partial charge >= 0.3 is 0 Å². The molecule has 1 N–H and O–H groups in total. The molecule has 1 unspecified atom stereocenters. The highest BCUT2D eigenvalue weighted by Crippen LogP contribution is 2.44. The zero-order valence-electron chi connectivity index (χ0n) is 11.1. The van der Waals surface area contributed by atoms with Crippen LogP contribution >= 0.6 is 11.3 Å². The summed E-state index contributed by atoms with van der Waals surface area (Å²) in [7, 11) is 0. The van der Waals surface area contributed by atoms with Crippen LogP contribution in [-0.2, 0) is 11.3 Å². The first-order chi connectivity index (χ1) is 8.88. The number of aromatic nitrogens is 1. The lowest BCUT2D eigenvalue weighted by molar-refractivity contribution is 0.0803.